The zero-order valence-corrected chi connectivity index (χ0v) is 19.0. The molecule has 0 spiro atoms. The third-order valence-electron chi connectivity index (χ3n) is 4.83. The van der Waals surface area contributed by atoms with Crippen molar-refractivity contribution in [2.24, 2.45) is 0 Å². The van der Waals surface area contributed by atoms with Crippen molar-refractivity contribution >= 4 is 46.6 Å². The van der Waals surface area contributed by atoms with Crippen LogP contribution in [0.3, 0.4) is 0 Å². The predicted molar refractivity (Wildman–Crippen MR) is 121 cm³/mol. The van der Waals surface area contributed by atoms with Crippen molar-refractivity contribution in [1.29, 1.82) is 0 Å². The second-order valence-electron chi connectivity index (χ2n) is 7.09. The number of amides is 3. The summed E-state index contributed by atoms with van der Waals surface area (Å²) in [7, 11) is 1.51. The van der Waals surface area contributed by atoms with Gasteiger partial charge in [-0.05, 0) is 42.5 Å². The summed E-state index contributed by atoms with van der Waals surface area (Å²) in [5.41, 5.74) is 0.612. The van der Waals surface area contributed by atoms with Crippen molar-refractivity contribution in [3.05, 3.63) is 58.6 Å². The molecule has 10 heteroatoms. The minimum absolute atomic E-state index is 0.0705. The number of carbonyl (C=O) groups is 3. The first kappa shape index (κ1) is 23.8. The van der Waals surface area contributed by atoms with E-state index in [0.29, 0.717) is 21.5 Å². The van der Waals surface area contributed by atoms with Crippen LogP contribution in [0.15, 0.2) is 48.5 Å². The van der Waals surface area contributed by atoms with Crippen LogP contribution in [0.2, 0.25) is 10.0 Å². The van der Waals surface area contributed by atoms with E-state index >= 15 is 0 Å². The Kier molecular flexibility index (Phi) is 8.33. The molecule has 1 fully saturated rings. The topological polar surface area (TPSA) is 79.4 Å². The molecule has 0 N–H and O–H groups in total. The van der Waals surface area contributed by atoms with E-state index in [0.717, 1.165) is 0 Å². The molecule has 0 atom stereocenters. The van der Waals surface area contributed by atoms with E-state index in [1.165, 1.54) is 21.8 Å². The van der Waals surface area contributed by atoms with Crippen molar-refractivity contribution in [1.82, 2.24) is 9.80 Å². The number of benzene rings is 2. The number of nitrogens with zero attached hydrogens (tertiary/aromatic N) is 3. The summed E-state index contributed by atoms with van der Waals surface area (Å²) in [6, 6.07) is 13.5. The highest BCUT2D eigenvalue weighted by Crippen LogP contribution is 2.23. The maximum atomic E-state index is 12.9. The van der Waals surface area contributed by atoms with E-state index in [9.17, 15) is 14.4 Å². The fourth-order valence-electron chi connectivity index (χ4n) is 3.11. The smallest absolute Gasteiger partial charge is 0.261 e. The molecule has 1 heterocycles. The molecular weight excluding hydrogens is 457 g/mol. The average molecular weight is 480 g/mol. The summed E-state index contributed by atoms with van der Waals surface area (Å²) in [4.78, 5) is 42.2. The molecule has 1 aliphatic rings. The number of carbonyl (C=O) groups excluding carboxylic acids is 3. The molecule has 170 valence electrons. The number of methoxy groups -OCH3 is 1. The first-order chi connectivity index (χ1) is 15.4. The van der Waals surface area contributed by atoms with Gasteiger partial charge in [-0.1, -0.05) is 29.3 Å². The SMILES string of the molecule is COCCN(CC(=O)N1CC(=O)N(c2cccc(Cl)c2)C1)C(=O)COc1ccc(Cl)cc1. The Labute approximate surface area is 196 Å². The van der Waals surface area contributed by atoms with Gasteiger partial charge in [-0.15, -0.1) is 0 Å². The Balaban J connectivity index is 1.60. The number of anilines is 1. The van der Waals surface area contributed by atoms with Crippen LogP contribution < -0.4 is 9.64 Å². The first-order valence-corrected chi connectivity index (χ1v) is 10.6. The number of hydrogen-bond donors (Lipinski definition) is 0. The van der Waals surface area contributed by atoms with Crippen LogP contribution in [-0.4, -0.2) is 74.1 Å². The lowest BCUT2D eigenvalue weighted by atomic mass is 10.3. The molecule has 0 aromatic heterocycles. The quantitative estimate of drug-likeness (QED) is 0.552. The molecule has 2 aromatic rings. The highest BCUT2D eigenvalue weighted by Gasteiger charge is 2.33. The third kappa shape index (κ3) is 6.35. The largest absolute Gasteiger partial charge is 0.484 e. The highest BCUT2D eigenvalue weighted by molar-refractivity contribution is 6.31. The Bertz CT molecular complexity index is 970. The number of hydrogen-bond acceptors (Lipinski definition) is 5. The van der Waals surface area contributed by atoms with Gasteiger partial charge in [0.15, 0.2) is 6.61 Å². The molecule has 3 rings (SSSR count). The minimum Gasteiger partial charge on any atom is -0.484 e. The maximum Gasteiger partial charge on any atom is 0.261 e. The normalized spacial score (nSPS) is 13.4. The van der Waals surface area contributed by atoms with Gasteiger partial charge in [0.05, 0.1) is 13.2 Å². The van der Waals surface area contributed by atoms with Gasteiger partial charge in [0, 0.05) is 29.4 Å². The van der Waals surface area contributed by atoms with Gasteiger partial charge in [0.25, 0.3) is 5.91 Å². The van der Waals surface area contributed by atoms with Crippen molar-refractivity contribution in [3.8, 4) is 5.75 Å². The lowest BCUT2D eigenvalue weighted by Crippen LogP contribution is -2.45. The zero-order valence-electron chi connectivity index (χ0n) is 17.5. The lowest BCUT2D eigenvalue weighted by Gasteiger charge is -2.25. The van der Waals surface area contributed by atoms with Crippen molar-refractivity contribution in [2.75, 3.05) is 51.5 Å². The molecule has 8 nitrogen and oxygen atoms in total. The monoisotopic (exact) mass is 479 g/mol. The first-order valence-electron chi connectivity index (χ1n) is 9.86. The number of ether oxygens (including phenoxy) is 2. The summed E-state index contributed by atoms with van der Waals surface area (Å²) >= 11 is 11.9. The summed E-state index contributed by atoms with van der Waals surface area (Å²) in [5, 5.41) is 1.06. The zero-order chi connectivity index (χ0) is 23.1. The van der Waals surface area contributed by atoms with E-state index < -0.39 is 0 Å². The number of rotatable bonds is 9. The van der Waals surface area contributed by atoms with Crippen LogP contribution in [0, 0.1) is 0 Å². The van der Waals surface area contributed by atoms with Crippen LogP contribution in [-0.2, 0) is 19.1 Å². The van der Waals surface area contributed by atoms with Crippen LogP contribution in [0.4, 0.5) is 5.69 Å². The van der Waals surface area contributed by atoms with E-state index in [1.807, 2.05) is 0 Å². The second-order valence-corrected chi connectivity index (χ2v) is 7.96. The van der Waals surface area contributed by atoms with E-state index in [4.69, 9.17) is 32.7 Å². The van der Waals surface area contributed by atoms with Crippen LogP contribution in [0.1, 0.15) is 0 Å². The van der Waals surface area contributed by atoms with Crippen LogP contribution >= 0.6 is 23.2 Å². The van der Waals surface area contributed by atoms with Gasteiger partial charge < -0.3 is 19.3 Å². The summed E-state index contributed by atoms with van der Waals surface area (Å²) in [6.07, 6.45) is 0. The van der Waals surface area contributed by atoms with Crippen molar-refractivity contribution < 1.29 is 23.9 Å². The van der Waals surface area contributed by atoms with Gasteiger partial charge in [0.1, 0.15) is 19.0 Å². The summed E-state index contributed by atoms with van der Waals surface area (Å²) in [6.45, 7) is 0.0535. The minimum atomic E-state index is -0.373. The lowest BCUT2D eigenvalue weighted by molar-refractivity contribution is -0.142. The number of halogens is 2. The molecule has 1 saturated heterocycles. The van der Waals surface area contributed by atoms with Gasteiger partial charge in [0.2, 0.25) is 11.8 Å². The van der Waals surface area contributed by atoms with Gasteiger partial charge in [-0.3, -0.25) is 19.3 Å². The molecule has 0 unspecified atom stereocenters. The fourth-order valence-corrected chi connectivity index (χ4v) is 3.42. The van der Waals surface area contributed by atoms with Gasteiger partial charge >= 0.3 is 0 Å². The molecule has 2 aromatic carbocycles. The molecule has 0 radical (unpaired) electrons. The van der Waals surface area contributed by atoms with Crippen LogP contribution in [0.5, 0.6) is 5.75 Å². The molecule has 0 bridgehead atoms. The Morgan fingerprint density at radius 1 is 1.09 bits per heavy atom. The molecule has 32 heavy (non-hydrogen) atoms. The van der Waals surface area contributed by atoms with Gasteiger partial charge in [-0.25, -0.2) is 0 Å². The standard InChI is InChI=1S/C22H23Cl2N3O5/c1-31-10-9-25(22(30)14-32-19-7-5-16(23)6-8-19)12-20(28)26-13-21(29)27(15-26)18-4-2-3-17(24)11-18/h2-8,11H,9-10,12-15H2,1H3. The third-order valence-corrected chi connectivity index (χ3v) is 5.32. The van der Waals surface area contributed by atoms with Crippen molar-refractivity contribution in [3.63, 3.8) is 0 Å². The van der Waals surface area contributed by atoms with Crippen LogP contribution in [0.25, 0.3) is 0 Å². The van der Waals surface area contributed by atoms with E-state index in [-0.39, 0.29) is 57.2 Å². The molecule has 3 amide bonds. The Morgan fingerprint density at radius 2 is 1.84 bits per heavy atom. The second kappa shape index (κ2) is 11.2. The maximum absolute atomic E-state index is 12.9. The summed E-state index contributed by atoms with van der Waals surface area (Å²) < 4.78 is 10.6. The molecule has 0 aliphatic carbocycles. The Hall–Kier alpha value is -2.81. The molecule has 0 saturated carbocycles. The highest BCUT2D eigenvalue weighted by atomic mass is 35.5. The summed E-state index contributed by atoms with van der Waals surface area (Å²) in [5.74, 6) is -0.453. The fraction of sp³-hybridized carbons (Fsp3) is 0.318. The Morgan fingerprint density at radius 3 is 2.53 bits per heavy atom. The van der Waals surface area contributed by atoms with Gasteiger partial charge in [-0.2, -0.15) is 0 Å². The average Bonchev–Trinajstić information content (AvgIpc) is 3.17. The molecule has 1 aliphatic heterocycles. The molecular formula is C22H23Cl2N3O5. The van der Waals surface area contributed by atoms with Crippen molar-refractivity contribution in [2.45, 2.75) is 0 Å². The van der Waals surface area contributed by atoms with E-state index in [2.05, 4.69) is 0 Å². The van der Waals surface area contributed by atoms with E-state index in [1.54, 1.807) is 48.5 Å². The predicted octanol–water partition coefficient (Wildman–Crippen LogP) is 2.68.